The molecular formula is C11H15NO3. The van der Waals surface area contributed by atoms with Gasteiger partial charge in [-0.15, -0.1) is 0 Å². The Kier molecular flexibility index (Phi) is 3.09. The Labute approximate surface area is 88.6 Å². The van der Waals surface area contributed by atoms with Crippen LogP contribution in [0.3, 0.4) is 0 Å². The van der Waals surface area contributed by atoms with E-state index < -0.39 is 17.5 Å². The van der Waals surface area contributed by atoms with Gasteiger partial charge >= 0.3 is 5.97 Å². The second-order valence-corrected chi connectivity index (χ2v) is 4.18. The molecule has 0 fully saturated rings. The lowest BCUT2D eigenvalue weighted by molar-refractivity contribution is -0.150. The molecule has 0 aliphatic rings. The number of aromatic nitrogens is 1. The summed E-state index contributed by atoms with van der Waals surface area (Å²) >= 11 is 0. The molecule has 0 aliphatic carbocycles. The molecule has 0 aliphatic heterocycles. The van der Waals surface area contributed by atoms with E-state index in [1.807, 2.05) is 13.0 Å². The van der Waals surface area contributed by atoms with Crippen molar-refractivity contribution in [3.8, 4) is 0 Å². The average Bonchev–Trinajstić information content (AvgIpc) is 2.17. The van der Waals surface area contributed by atoms with Crippen LogP contribution in [0.2, 0.25) is 0 Å². The first kappa shape index (κ1) is 11.7. The van der Waals surface area contributed by atoms with Crippen molar-refractivity contribution in [3.63, 3.8) is 0 Å². The van der Waals surface area contributed by atoms with Gasteiger partial charge in [0.15, 0.2) is 6.10 Å². The maximum atomic E-state index is 10.7. The summed E-state index contributed by atoms with van der Waals surface area (Å²) in [4.78, 5) is 14.8. The summed E-state index contributed by atoms with van der Waals surface area (Å²) in [7, 11) is 0. The second-order valence-electron chi connectivity index (χ2n) is 4.18. The van der Waals surface area contributed by atoms with Gasteiger partial charge in [0.2, 0.25) is 0 Å². The molecule has 0 spiro atoms. The van der Waals surface area contributed by atoms with Crippen LogP contribution in [0.5, 0.6) is 0 Å². The van der Waals surface area contributed by atoms with Gasteiger partial charge in [-0.25, -0.2) is 4.79 Å². The number of carboxylic acid groups (broad SMARTS) is 1. The van der Waals surface area contributed by atoms with Gasteiger partial charge in [-0.3, -0.25) is 4.98 Å². The van der Waals surface area contributed by atoms with Gasteiger partial charge in [0.05, 0.1) is 0 Å². The maximum absolute atomic E-state index is 10.7. The molecule has 1 aromatic heterocycles. The quantitative estimate of drug-likeness (QED) is 0.782. The highest BCUT2D eigenvalue weighted by molar-refractivity contribution is 5.74. The smallest absolute Gasteiger partial charge is 0.333 e. The molecule has 1 aromatic rings. The average molecular weight is 209 g/mol. The number of aryl methyl sites for hydroxylation is 1. The van der Waals surface area contributed by atoms with Gasteiger partial charge in [0.25, 0.3) is 0 Å². The number of rotatable bonds is 3. The predicted molar refractivity (Wildman–Crippen MR) is 55.6 cm³/mol. The molecule has 2 N–H and O–H groups in total. The zero-order valence-electron chi connectivity index (χ0n) is 9.06. The summed E-state index contributed by atoms with van der Waals surface area (Å²) in [6.45, 7) is 5.21. The minimum Gasteiger partial charge on any atom is -0.479 e. The number of carboxylic acids is 1. The summed E-state index contributed by atoms with van der Waals surface area (Å²) in [6.07, 6.45) is 0.207. The van der Waals surface area contributed by atoms with Crippen molar-refractivity contribution in [2.45, 2.75) is 32.3 Å². The molecule has 4 nitrogen and oxygen atoms in total. The minimum atomic E-state index is -1.45. The number of hydrogen-bond donors (Lipinski definition) is 2. The number of hydrogen-bond acceptors (Lipinski definition) is 3. The molecule has 1 unspecified atom stereocenters. The number of aliphatic hydroxyl groups is 1. The number of carbonyl (C=O) groups is 1. The summed E-state index contributed by atoms with van der Waals surface area (Å²) in [5.74, 6) is -1.23. The Morgan fingerprint density at radius 1 is 1.47 bits per heavy atom. The maximum Gasteiger partial charge on any atom is 0.333 e. The van der Waals surface area contributed by atoms with Gasteiger partial charge in [-0.2, -0.15) is 0 Å². The van der Waals surface area contributed by atoms with Crippen LogP contribution >= 0.6 is 0 Å². The lowest BCUT2D eigenvalue weighted by Gasteiger charge is -2.26. The van der Waals surface area contributed by atoms with E-state index >= 15 is 0 Å². The molecule has 0 saturated carbocycles. The fourth-order valence-corrected chi connectivity index (χ4v) is 1.30. The highest BCUT2D eigenvalue weighted by atomic mass is 16.4. The first-order valence-electron chi connectivity index (χ1n) is 4.69. The fraction of sp³-hybridized carbons (Fsp3) is 0.455. The van der Waals surface area contributed by atoms with Gasteiger partial charge in [0.1, 0.15) is 0 Å². The Balaban J connectivity index is 3.05. The molecule has 1 heterocycles. The van der Waals surface area contributed by atoms with Crippen LogP contribution in [0.4, 0.5) is 0 Å². The third-order valence-corrected chi connectivity index (χ3v) is 2.49. The molecule has 0 bridgehead atoms. The minimum absolute atomic E-state index is 0.572. The molecule has 1 rings (SSSR count). The van der Waals surface area contributed by atoms with E-state index in [4.69, 9.17) is 5.11 Å². The predicted octanol–water partition coefficient (Wildman–Crippen LogP) is 1.11. The first-order chi connectivity index (χ1) is 6.85. The summed E-state index contributed by atoms with van der Waals surface area (Å²) in [5, 5.41) is 18.3. The van der Waals surface area contributed by atoms with Crippen LogP contribution in [-0.2, 0) is 10.2 Å². The number of aliphatic hydroxyl groups excluding tert-OH is 1. The lowest BCUT2D eigenvalue weighted by atomic mass is 9.82. The molecule has 15 heavy (non-hydrogen) atoms. The Hall–Kier alpha value is -1.42. The molecule has 1 atom stereocenters. The third-order valence-electron chi connectivity index (χ3n) is 2.49. The van der Waals surface area contributed by atoms with E-state index in [2.05, 4.69) is 4.98 Å². The molecule has 0 amide bonds. The van der Waals surface area contributed by atoms with Crippen molar-refractivity contribution >= 4 is 5.97 Å². The second kappa shape index (κ2) is 3.98. The first-order valence-corrected chi connectivity index (χ1v) is 4.69. The highest BCUT2D eigenvalue weighted by Gasteiger charge is 2.36. The zero-order valence-corrected chi connectivity index (χ0v) is 9.06. The van der Waals surface area contributed by atoms with Crippen LogP contribution in [0.15, 0.2) is 18.3 Å². The summed E-state index contributed by atoms with van der Waals surface area (Å²) < 4.78 is 0. The van der Waals surface area contributed by atoms with Crippen molar-refractivity contribution in [1.29, 1.82) is 0 Å². The van der Waals surface area contributed by atoms with Gasteiger partial charge < -0.3 is 10.2 Å². The van der Waals surface area contributed by atoms with E-state index in [-0.39, 0.29) is 0 Å². The molecule has 4 heteroatoms. The summed E-state index contributed by atoms with van der Waals surface area (Å²) in [5.41, 5.74) is 0.682. The standard InChI is InChI=1S/C11H15NO3/c1-7-4-5-8(12-6-7)11(2,3)9(13)10(14)15/h4-6,9,13H,1-3H3,(H,14,15). The third kappa shape index (κ3) is 2.33. The highest BCUT2D eigenvalue weighted by Crippen LogP contribution is 2.25. The van der Waals surface area contributed by atoms with Crippen molar-refractivity contribution in [2.75, 3.05) is 0 Å². The van der Waals surface area contributed by atoms with Crippen LogP contribution in [-0.4, -0.2) is 27.3 Å². The van der Waals surface area contributed by atoms with Crippen LogP contribution in [0.1, 0.15) is 25.1 Å². The van der Waals surface area contributed by atoms with Crippen LogP contribution < -0.4 is 0 Å². The monoisotopic (exact) mass is 209 g/mol. The van der Waals surface area contributed by atoms with E-state index in [9.17, 15) is 9.90 Å². The van der Waals surface area contributed by atoms with E-state index in [0.717, 1.165) is 5.56 Å². The van der Waals surface area contributed by atoms with Crippen LogP contribution in [0, 0.1) is 6.92 Å². The Bertz CT molecular complexity index is 357. The lowest BCUT2D eigenvalue weighted by Crippen LogP contribution is -2.40. The molecule has 0 saturated heterocycles. The van der Waals surface area contributed by atoms with E-state index in [1.54, 1.807) is 26.1 Å². The van der Waals surface area contributed by atoms with Crippen molar-refractivity contribution < 1.29 is 15.0 Å². The van der Waals surface area contributed by atoms with E-state index in [0.29, 0.717) is 5.69 Å². The molecular weight excluding hydrogens is 194 g/mol. The number of aliphatic carboxylic acids is 1. The van der Waals surface area contributed by atoms with Gasteiger partial charge in [-0.05, 0) is 18.6 Å². The van der Waals surface area contributed by atoms with Crippen LogP contribution in [0.25, 0.3) is 0 Å². The van der Waals surface area contributed by atoms with E-state index in [1.165, 1.54) is 0 Å². The normalized spacial score (nSPS) is 13.6. The fourth-order valence-electron chi connectivity index (χ4n) is 1.30. The van der Waals surface area contributed by atoms with Gasteiger partial charge in [-0.1, -0.05) is 19.9 Å². The van der Waals surface area contributed by atoms with Gasteiger partial charge in [0, 0.05) is 17.3 Å². The zero-order chi connectivity index (χ0) is 11.6. The van der Waals surface area contributed by atoms with Crippen molar-refractivity contribution in [2.24, 2.45) is 0 Å². The largest absolute Gasteiger partial charge is 0.479 e. The molecule has 0 aromatic carbocycles. The number of pyridine rings is 1. The topological polar surface area (TPSA) is 70.4 Å². The Morgan fingerprint density at radius 3 is 2.47 bits per heavy atom. The number of nitrogens with zero attached hydrogens (tertiary/aromatic N) is 1. The molecule has 82 valence electrons. The molecule has 0 radical (unpaired) electrons. The van der Waals surface area contributed by atoms with Crippen molar-refractivity contribution in [3.05, 3.63) is 29.6 Å². The SMILES string of the molecule is Cc1ccc(C(C)(C)C(O)C(=O)O)nc1. The Morgan fingerprint density at radius 2 is 2.07 bits per heavy atom. The van der Waals surface area contributed by atoms with Crippen molar-refractivity contribution in [1.82, 2.24) is 4.98 Å². The summed E-state index contributed by atoms with van der Waals surface area (Å²) in [6, 6.07) is 3.58.